The fourth-order valence-electron chi connectivity index (χ4n) is 3.43. The molecule has 0 bridgehead atoms. The number of carbonyl (C=O) groups excluding carboxylic acids is 1. The number of benzene rings is 2. The molecule has 152 valence electrons. The Balaban J connectivity index is 0.00000280. The lowest BCUT2D eigenvalue weighted by Crippen LogP contribution is -2.36. The number of nitrogens with zero attached hydrogens (tertiary/aromatic N) is 2. The minimum Gasteiger partial charge on any atom is -0.398 e. The molecule has 0 saturated carbocycles. The van der Waals surface area contributed by atoms with Crippen LogP contribution in [0.4, 0.5) is 11.4 Å². The lowest BCUT2D eigenvalue weighted by molar-refractivity contribution is 0.0985. The first-order valence-corrected chi connectivity index (χ1v) is 10.3. The Morgan fingerprint density at radius 1 is 1.18 bits per heavy atom. The number of fused-ring (bicyclic) bond motifs is 1. The Kier molecular flexibility index (Phi) is 6.43. The molecule has 3 rings (SSSR count). The maximum Gasteiger partial charge on any atom is 0.258 e. The molecule has 2 aromatic carbocycles. The maximum atomic E-state index is 13.3. The molecule has 1 heterocycles. The second-order valence-electron chi connectivity index (χ2n) is 7.11. The van der Waals surface area contributed by atoms with Crippen molar-refractivity contribution in [3.63, 3.8) is 0 Å². The van der Waals surface area contributed by atoms with Crippen molar-refractivity contribution in [1.29, 1.82) is 0 Å². The minimum absolute atomic E-state index is 0. The van der Waals surface area contributed by atoms with Gasteiger partial charge >= 0.3 is 0 Å². The molecule has 8 heteroatoms. The zero-order valence-corrected chi connectivity index (χ0v) is 18.2. The summed E-state index contributed by atoms with van der Waals surface area (Å²) >= 11 is 0. The van der Waals surface area contributed by atoms with Gasteiger partial charge in [-0.2, -0.15) is 0 Å². The number of hydrogen-bond acceptors (Lipinski definition) is 4. The molecule has 0 fully saturated rings. The molecule has 6 nitrogen and oxygen atoms in total. The Morgan fingerprint density at radius 3 is 2.50 bits per heavy atom. The van der Waals surface area contributed by atoms with Gasteiger partial charge in [0.2, 0.25) is 10.0 Å². The summed E-state index contributed by atoms with van der Waals surface area (Å²) in [4.78, 5) is 15.1. The number of sulfonamides is 1. The lowest BCUT2D eigenvalue weighted by atomic mass is 9.98. The smallest absolute Gasteiger partial charge is 0.258 e. The van der Waals surface area contributed by atoms with E-state index in [9.17, 15) is 13.2 Å². The highest BCUT2D eigenvalue weighted by molar-refractivity contribution is 7.89. The third kappa shape index (κ3) is 3.74. The van der Waals surface area contributed by atoms with Crippen molar-refractivity contribution in [2.24, 2.45) is 0 Å². The topological polar surface area (TPSA) is 83.7 Å². The van der Waals surface area contributed by atoms with Crippen LogP contribution in [0.1, 0.15) is 33.5 Å². The van der Waals surface area contributed by atoms with E-state index in [-0.39, 0.29) is 23.2 Å². The van der Waals surface area contributed by atoms with Crippen molar-refractivity contribution in [2.45, 2.75) is 31.6 Å². The summed E-state index contributed by atoms with van der Waals surface area (Å²) in [7, 11) is -0.665. The molecule has 0 unspecified atom stereocenters. The third-order valence-corrected chi connectivity index (χ3v) is 7.10. The van der Waals surface area contributed by atoms with E-state index in [1.165, 1.54) is 24.5 Å². The van der Waals surface area contributed by atoms with Crippen LogP contribution in [0, 0.1) is 13.8 Å². The Labute approximate surface area is 172 Å². The number of amides is 1. The third-order valence-electron chi connectivity index (χ3n) is 5.16. The van der Waals surface area contributed by atoms with Crippen molar-refractivity contribution in [3.8, 4) is 0 Å². The molecule has 1 amide bonds. The highest BCUT2D eigenvalue weighted by atomic mass is 35.5. The molecule has 0 aliphatic carbocycles. The van der Waals surface area contributed by atoms with Crippen LogP contribution in [0.15, 0.2) is 35.2 Å². The summed E-state index contributed by atoms with van der Waals surface area (Å²) < 4.78 is 26.5. The minimum atomic E-state index is -3.64. The molecule has 0 atom stereocenters. The summed E-state index contributed by atoms with van der Waals surface area (Å²) in [5.74, 6) is -0.208. The quantitative estimate of drug-likeness (QED) is 0.768. The van der Waals surface area contributed by atoms with Gasteiger partial charge in [-0.25, -0.2) is 12.7 Å². The van der Waals surface area contributed by atoms with Gasteiger partial charge in [0.15, 0.2) is 0 Å². The van der Waals surface area contributed by atoms with Gasteiger partial charge in [0.05, 0.1) is 4.90 Å². The summed E-state index contributed by atoms with van der Waals surface area (Å²) in [6.07, 6.45) is 1.65. The molecular weight excluding hydrogens is 398 g/mol. The first-order valence-electron chi connectivity index (χ1n) is 8.87. The van der Waals surface area contributed by atoms with E-state index in [1.54, 1.807) is 17.9 Å². The summed E-state index contributed by atoms with van der Waals surface area (Å²) in [6.45, 7) is 4.16. The normalized spacial score (nSPS) is 13.8. The van der Waals surface area contributed by atoms with E-state index in [4.69, 9.17) is 5.73 Å². The maximum absolute atomic E-state index is 13.3. The van der Waals surface area contributed by atoms with E-state index in [0.717, 1.165) is 29.7 Å². The van der Waals surface area contributed by atoms with Crippen molar-refractivity contribution < 1.29 is 13.2 Å². The van der Waals surface area contributed by atoms with E-state index in [0.29, 0.717) is 23.4 Å². The number of aryl methyl sites for hydroxylation is 1. The van der Waals surface area contributed by atoms with E-state index in [2.05, 4.69) is 0 Å². The number of halogens is 1. The summed E-state index contributed by atoms with van der Waals surface area (Å²) in [6, 6.07) is 8.81. The molecule has 1 aliphatic rings. The Morgan fingerprint density at radius 2 is 1.86 bits per heavy atom. The SMILES string of the molecule is Cc1cc(C(=O)N2CCCc3c(N)cccc32)cc(S(=O)(=O)N(C)C)c1C.Cl. The fraction of sp³-hybridized carbons (Fsp3) is 0.350. The van der Waals surface area contributed by atoms with Crippen LogP contribution in [0.3, 0.4) is 0 Å². The molecule has 28 heavy (non-hydrogen) atoms. The van der Waals surface area contributed by atoms with Crippen LogP contribution in [-0.2, 0) is 16.4 Å². The number of anilines is 2. The monoisotopic (exact) mass is 423 g/mol. The van der Waals surface area contributed by atoms with Gasteiger partial charge in [-0.15, -0.1) is 12.4 Å². The number of rotatable bonds is 3. The molecule has 2 N–H and O–H groups in total. The van der Waals surface area contributed by atoms with Crippen LogP contribution in [0.25, 0.3) is 0 Å². The first-order chi connectivity index (χ1) is 12.6. The zero-order valence-electron chi connectivity index (χ0n) is 16.5. The zero-order chi connectivity index (χ0) is 19.9. The average molecular weight is 424 g/mol. The van der Waals surface area contributed by atoms with Crippen LogP contribution >= 0.6 is 12.4 Å². The van der Waals surface area contributed by atoms with Crippen molar-refractivity contribution in [2.75, 3.05) is 31.3 Å². The predicted octanol–water partition coefficient (Wildman–Crippen LogP) is 3.15. The van der Waals surface area contributed by atoms with Gasteiger partial charge in [-0.3, -0.25) is 4.79 Å². The van der Waals surface area contributed by atoms with Crippen LogP contribution in [0.2, 0.25) is 0 Å². The second kappa shape index (κ2) is 8.11. The van der Waals surface area contributed by atoms with Crippen molar-refractivity contribution >= 4 is 39.7 Å². The Bertz CT molecular complexity index is 1020. The van der Waals surface area contributed by atoms with Gasteiger partial charge in [-0.05, 0) is 67.6 Å². The molecule has 0 aromatic heterocycles. The lowest BCUT2D eigenvalue weighted by Gasteiger charge is -2.30. The van der Waals surface area contributed by atoms with Crippen LogP contribution < -0.4 is 10.6 Å². The highest BCUT2D eigenvalue weighted by Gasteiger charge is 2.28. The van der Waals surface area contributed by atoms with Crippen molar-refractivity contribution in [1.82, 2.24) is 4.31 Å². The molecular formula is C20H26ClN3O3S. The van der Waals surface area contributed by atoms with E-state index in [1.807, 2.05) is 25.1 Å². The van der Waals surface area contributed by atoms with E-state index >= 15 is 0 Å². The average Bonchev–Trinajstić information content (AvgIpc) is 2.63. The van der Waals surface area contributed by atoms with Gasteiger partial charge < -0.3 is 10.6 Å². The first kappa shape index (κ1) is 22.2. The molecule has 0 spiro atoms. The molecule has 0 saturated heterocycles. The van der Waals surface area contributed by atoms with Gasteiger partial charge in [0, 0.05) is 37.6 Å². The second-order valence-corrected chi connectivity index (χ2v) is 9.23. The largest absolute Gasteiger partial charge is 0.398 e. The van der Waals surface area contributed by atoms with Crippen LogP contribution in [-0.4, -0.2) is 39.3 Å². The van der Waals surface area contributed by atoms with E-state index < -0.39 is 10.0 Å². The van der Waals surface area contributed by atoms with Gasteiger partial charge in [0.25, 0.3) is 5.91 Å². The van der Waals surface area contributed by atoms with Crippen molar-refractivity contribution in [3.05, 3.63) is 52.6 Å². The number of nitrogens with two attached hydrogens (primary N) is 1. The fourth-order valence-corrected chi connectivity index (χ4v) is 4.65. The van der Waals surface area contributed by atoms with Crippen LogP contribution in [0.5, 0.6) is 0 Å². The molecule has 2 aromatic rings. The molecule has 0 radical (unpaired) electrons. The number of carbonyl (C=O) groups is 1. The van der Waals surface area contributed by atoms with Gasteiger partial charge in [0.1, 0.15) is 0 Å². The highest BCUT2D eigenvalue weighted by Crippen LogP contribution is 2.33. The summed E-state index contributed by atoms with van der Waals surface area (Å²) in [5.41, 5.74) is 10.3. The molecule has 1 aliphatic heterocycles. The van der Waals surface area contributed by atoms with Gasteiger partial charge in [-0.1, -0.05) is 6.07 Å². The Hall–Kier alpha value is -2.09. The summed E-state index contributed by atoms with van der Waals surface area (Å²) in [5, 5.41) is 0. The number of hydrogen-bond donors (Lipinski definition) is 1. The number of nitrogen functional groups attached to an aromatic ring is 1. The predicted molar refractivity (Wildman–Crippen MR) is 115 cm³/mol. The standard InChI is InChI=1S/C20H25N3O3S.ClH/c1-13-11-15(12-19(14(13)2)27(25,26)22(3)4)20(24)23-10-6-7-16-17(21)8-5-9-18(16)23;/h5,8-9,11-12H,6-7,10,21H2,1-4H3;1H.